The van der Waals surface area contributed by atoms with E-state index < -0.39 is 0 Å². The molecule has 0 spiro atoms. The van der Waals surface area contributed by atoms with Crippen molar-refractivity contribution in [1.82, 2.24) is 0 Å². The maximum atomic E-state index is 2.28. The van der Waals surface area contributed by atoms with Crippen molar-refractivity contribution < 1.29 is 0 Å². The highest BCUT2D eigenvalue weighted by atomic mass is 32.2. The Bertz CT molecular complexity index is 131. The Hall–Kier alpha value is 0.700. The minimum Gasteiger partial charge on any atom is -0.143 e. The molecular weight excluding hydrogens is 160 g/mol. The highest BCUT2D eigenvalue weighted by Crippen LogP contribution is 2.67. The molecule has 2 aliphatic rings. The Balaban J connectivity index is 1.92. The topological polar surface area (TPSA) is 0 Å². The molecule has 2 heteroatoms. The lowest BCUT2D eigenvalue weighted by Crippen LogP contribution is -2.14. The number of rotatable bonds is 2. The third kappa shape index (κ3) is 1.10. The maximum Gasteiger partial charge on any atom is 0.0733 e. The minimum atomic E-state index is 0.729. The summed E-state index contributed by atoms with van der Waals surface area (Å²) in [6.45, 7) is 2.28. The zero-order chi connectivity index (χ0) is 7.03. The van der Waals surface area contributed by atoms with E-state index >= 15 is 0 Å². The van der Waals surface area contributed by atoms with Crippen LogP contribution in [0.5, 0.6) is 0 Å². The molecule has 0 aromatic carbocycles. The molecular formula is C8H14S2. The third-order valence-electron chi connectivity index (χ3n) is 2.41. The summed E-state index contributed by atoms with van der Waals surface area (Å²) < 4.78 is 0.729. The van der Waals surface area contributed by atoms with Gasteiger partial charge in [0, 0.05) is 5.25 Å². The van der Waals surface area contributed by atoms with E-state index in [0.29, 0.717) is 0 Å². The molecule has 10 heavy (non-hydrogen) atoms. The monoisotopic (exact) mass is 174 g/mol. The molecule has 0 bridgehead atoms. The van der Waals surface area contributed by atoms with E-state index in [4.69, 9.17) is 0 Å². The molecule has 0 amide bonds. The molecule has 0 aromatic rings. The average Bonchev–Trinajstić information content (AvgIpc) is 2.62. The van der Waals surface area contributed by atoms with E-state index in [0.717, 1.165) is 9.33 Å². The summed E-state index contributed by atoms with van der Waals surface area (Å²) in [5, 5.41) is 1.05. The van der Waals surface area contributed by atoms with Crippen LogP contribution >= 0.6 is 23.5 Å². The van der Waals surface area contributed by atoms with Gasteiger partial charge in [0.1, 0.15) is 0 Å². The first-order chi connectivity index (χ1) is 4.87. The van der Waals surface area contributed by atoms with Crippen LogP contribution in [0.1, 0.15) is 32.6 Å². The van der Waals surface area contributed by atoms with Crippen LogP contribution in [-0.4, -0.2) is 15.1 Å². The molecule has 1 aliphatic heterocycles. The van der Waals surface area contributed by atoms with E-state index in [-0.39, 0.29) is 0 Å². The largest absolute Gasteiger partial charge is 0.143 e. The zero-order valence-electron chi connectivity index (χ0n) is 6.43. The van der Waals surface area contributed by atoms with Gasteiger partial charge in [0.15, 0.2) is 0 Å². The van der Waals surface area contributed by atoms with Crippen molar-refractivity contribution in [2.45, 2.75) is 41.9 Å². The van der Waals surface area contributed by atoms with Crippen LogP contribution in [0.4, 0.5) is 0 Å². The van der Waals surface area contributed by atoms with Crippen LogP contribution in [-0.2, 0) is 0 Å². The molecule has 0 radical (unpaired) electrons. The van der Waals surface area contributed by atoms with Crippen molar-refractivity contribution in [3.05, 3.63) is 0 Å². The first-order valence-electron chi connectivity index (χ1n) is 4.19. The molecule has 58 valence electrons. The highest BCUT2D eigenvalue weighted by molar-refractivity contribution is 8.25. The fraction of sp³-hybridized carbons (Fsp3) is 1.00. The SMILES string of the molecule is CCSC12CCCCC1S2. The molecule has 0 aromatic heterocycles. The molecule has 1 aliphatic carbocycles. The van der Waals surface area contributed by atoms with Crippen LogP contribution in [0, 0.1) is 0 Å². The minimum absolute atomic E-state index is 0.729. The molecule has 0 N–H and O–H groups in total. The molecule has 1 saturated carbocycles. The van der Waals surface area contributed by atoms with Crippen molar-refractivity contribution in [3.8, 4) is 0 Å². The van der Waals surface area contributed by atoms with Gasteiger partial charge in [-0.05, 0) is 18.6 Å². The number of fused-ring (bicyclic) bond motifs is 1. The van der Waals surface area contributed by atoms with Gasteiger partial charge >= 0.3 is 0 Å². The summed E-state index contributed by atoms with van der Waals surface area (Å²) in [4.78, 5) is 0. The Morgan fingerprint density at radius 2 is 2.50 bits per heavy atom. The number of thioether (sulfide) groups is 2. The predicted octanol–water partition coefficient (Wildman–Crippen LogP) is 3.13. The Morgan fingerprint density at radius 3 is 3.20 bits per heavy atom. The van der Waals surface area contributed by atoms with Crippen LogP contribution in [0.15, 0.2) is 0 Å². The quantitative estimate of drug-likeness (QED) is 0.590. The lowest BCUT2D eigenvalue weighted by atomic mass is 10.0. The van der Waals surface area contributed by atoms with E-state index in [1.165, 1.54) is 31.4 Å². The third-order valence-corrected chi connectivity index (χ3v) is 6.02. The van der Waals surface area contributed by atoms with E-state index in [1.54, 1.807) is 0 Å². The van der Waals surface area contributed by atoms with Gasteiger partial charge in [-0.3, -0.25) is 0 Å². The van der Waals surface area contributed by atoms with Gasteiger partial charge in [-0.25, -0.2) is 0 Å². The molecule has 0 nitrogen and oxygen atoms in total. The summed E-state index contributed by atoms with van der Waals surface area (Å²) in [7, 11) is 0. The Morgan fingerprint density at radius 1 is 1.60 bits per heavy atom. The first kappa shape index (κ1) is 7.35. The lowest BCUT2D eigenvalue weighted by molar-refractivity contribution is 0.549. The number of hydrogen-bond donors (Lipinski definition) is 0. The molecule has 1 saturated heterocycles. The summed E-state index contributed by atoms with van der Waals surface area (Å²) in [5.74, 6) is 1.31. The first-order valence-corrected chi connectivity index (χ1v) is 6.06. The molecule has 1 heterocycles. The second-order valence-corrected chi connectivity index (χ2v) is 6.48. The van der Waals surface area contributed by atoms with E-state index in [9.17, 15) is 0 Å². The lowest BCUT2D eigenvalue weighted by Gasteiger charge is -2.17. The fourth-order valence-corrected chi connectivity index (χ4v) is 5.31. The Labute approximate surface area is 71.5 Å². The normalized spacial score (nSPS) is 44.7. The van der Waals surface area contributed by atoms with Crippen molar-refractivity contribution >= 4 is 23.5 Å². The summed E-state index contributed by atoms with van der Waals surface area (Å²) >= 11 is 4.43. The maximum absolute atomic E-state index is 2.28. The van der Waals surface area contributed by atoms with Crippen molar-refractivity contribution in [1.29, 1.82) is 0 Å². The van der Waals surface area contributed by atoms with Gasteiger partial charge in [-0.15, -0.1) is 23.5 Å². The molecule has 2 unspecified atom stereocenters. The second-order valence-electron chi connectivity index (χ2n) is 3.10. The van der Waals surface area contributed by atoms with Crippen LogP contribution in [0.3, 0.4) is 0 Å². The molecule has 2 rings (SSSR count). The van der Waals surface area contributed by atoms with Gasteiger partial charge in [0.05, 0.1) is 4.08 Å². The van der Waals surface area contributed by atoms with Crippen molar-refractivity contribution in [2.75, 3.05) is 5.75 Å². The van der Waals surface area contributed by atoms with Crippen LogP contribution < -0.4 is 0 Å². The predicted molar refractivity (Wildman–Crippen MR) is 50.7 cm³/mol. The summed E-state index contributed by atoms with van der Waals surface area (Å²) in [6, 6.07) is 0. The second kappa shape index (κ2) is 2.63. The van der Waals surface area contributed by atoms with Gasteiger partial charge in [-0.2, -0.15) is 0 Å². The summed E-state index contributed by atoms with van der Waals surface area (Å²) in [5.41, 5.74) is 0. The van der Waals surface area contributed by atoms with Crippen LogP contribution in [0.25, 0.3) is 0 Å². The van der Waals surface area contributed by atoms with Gasteiger partial charge in [0.2, 0.25) is 0 Å². The molecule has 2 fully saturated rings. The van der Waals surface area contributed by atoms with Crippen molar-refractivity contribution in [3.63, 3.8) is 0 Å². The van der Waals surface area contributed by atoms with Crippen LogP contribution in [0.2, 0.25) is 0 Å². The van der Waals surface area contributed by atoms with E-state index in [1.807, 2.05) is 0 Å². The fourth-order valence-electron chi connectivity index (χ4n) is 1.85. The Kier molecular flexibility index (Phi) is 1.94. The van der Waals surface area contributed by atoms with Crippen molar-refractivity contribution in [2.24, 2.45) is 0 Å². The smallest absolute Gasteiger partial charge is 0.0733 e. The van der Waals surface area contributed by atoms with Gasteiger partial charge in [0.25, 0.3) is 0 Å². The molecule has 2 atom stereocenters. The average molecular weight is 174 g/mol. The zero-order valence-corrected chi connectivity index (χ0v) is 8.06. The summed E-state index contributed by atoms with van der Waals surface area (Å²) in [6.07, 6.45) is 5.96. The van der Waals surface area contributed by atoms with Gasteiger partial charge < -0.3 is 0 Å². The highest BCUT2D eigenvalue weighted by Gasteiger charge is 2.55. The number of hydrogen-bond acceptors (Lipinski definition) is 2. The van der Waals surface area contributed by atoms with E-state index in [2.05, 4.69) is 30.4 Å². The standard InChI is InChI=1S/C8H14S2/c1-2-9-8-6-4-3-5-7(8)10-8/h7H,2-6H2,1H3. The van der Waals surface area contributed by atoms with Gasteiger partial charge in [-0.1, -0.05) is 19.8 Å².